The monoisotopic (exact) mass is 344 g/mol. The minimum Gasteiger partial charge on any atom is -0.365 e. The van der Waals surface area contributed by atoms with E-state index in [0.29, 0.717) is 0 Å². The summed E-state index contributed by atoms with van der Waals surface area (Å²) in [5, 5.41) is 2.39. The number of likely N-dealkylation sites (tertiary alicyclic amines) is 1. The average molecular weight is 344 g/mol. The highest BCUT2D eigenvalue weighted by Gasteiger charge is 2.43. The van der Waals surface area contributed by atoms with Gasteiger partial charge in [0.25, 0.3) is 0 Å². The third-order valence-electron chi connectivity index (χ3n) is 3.91. The number of rotatable bonds is 6. The molecule has 1 heterocycles. The van der Waals surface area contributed by atoms with E-state index in [9.17, 15) is 22.8 Å². The molecular weight excluding hydrogens is 325 g/mol. The number of carbonyl (C=O) groups excluding carboxylic acids is 2. The largest absolute Gasteiger partial charge is 0.396 e. The summed E-state index contributed by atoms with van der Waals surface area (Å²) < 4.78 is 45.0. The second-order valence-corrected chi connectivity index (χ2v) is 5.61. The Balaban J connectivity index is 1.88. The van der Waals surface area contributed by atoms with Gasteiger partial charge in [-0.2, -0.15) is 13.2 Å². The second kappa shape index (κ2) is 7.65. The third kappa shape index (κ3) is 4.70. The second-order valence-electron chi connectivity index (χ2n) is 5.61. The van der Waals surface area contributed by atoms with Crippen molar-refractivity contribution in [2.24, 2.45) is 0 Å². The van der Waals surface area contributed by atoms with Gasteiger partial charge in [0, 0.05) is 26.6 Å². The van der Waals surface area contributed by atoms with Crippen molar-refractivity contribution < 1.29 is 27.5 Å². The van der Waals surface area contributed by atoms with Gasteiger partial charge in [0.2, 0.25) is 11.8 Å². The molecule has 0 aromatic heterocycles. The van der Waals surface area contributed by atoms with E-state index < -0.39 is 24.4 Å². The summed E-state index contributed by atoms with van der Waals surface area (Å²) in [6, 6.07) is 7.41. The van der Waals surface area contributed by atoms with Crippen molar-refractivity contribution >= 4 is 11.8 Å². The summed E-state index contributed by atoms with van der Waals surface area (Å²) in [6.45, 7) is 0.281. The van der Waals surface area contributed by atoms with E-state index in [1.54, 1.807) is 6.07 Å². The first-order valence-corrected chi connectivity index (χ1v) is 7.53. The normalized spacial score (nSPS) is 16.4. The maximum Gasteiger partial charge on any atom is 0.396 e. The molecule has 1 aliphatic heterocycles. The summed E-state index contributed by atoms with van der Waals surface area (Å²) in [6.07, 6.45) is -5.43. The Morgan fingerprint density at radius 2 is 1.92 bits per heavy atom. The molecule has 0 unspecified atom stereocenters. The molecule has 1 N–H and O–H groups in total. The maximum absolute atomic E-state index is 13.2. The van der Waals surface area contributed by atoms with E-state index in [1.165, 1.54) is 36.2 Å². The molecule has 1 fully saturated rings. The van der Waals surface area contributed by atoms with Gasteiger partial charge in [0.05, 0.1) is 12.0 Å². The van der Waals surface area contributed by atoms with Gasteiger partial charge in [0.15, 0.2) is 0 Å². The molecule has 1 aromatic rings. The Labute approximate surface area is 137 Å². The van der Waals surface area contributed by atoms with E-state index in [4.69, 9.17) is 4.74 Å². The van der Waals surface area contributed by atoms with Crippen LogP contribution in [0.3, 0.4) is 0 Å². The quantitative estimate of drug-likeness (QED) is 0.855. The first-order chi connectivity index (χ1) is 11.3. The number of hydrogen-bond donors (Lipinski definition) is 1. The number of benzene rings is 1. The molecular formula is C16H19F3N2O3. The van der Waals surface area contributed by atoms with E-state index in [0.717, 1.165) is 0 Å². The van der Waals surface area contributed by atoms with E-state index in [2.05, 4.69) is 5.32 Å². The first-order valence-electron chi connectivity index (χ1n) is 7.53. The lowest BCUT2D eigenvalue weighted by molar-refractivity contribution is -0.166. The summed E-state index contributed by atoms with van der Waals surface area (Å²) in [4.78, 5) is 24.4. The average Bonchev–Trinajstić information content (AvgIpc) is 2.50. The van der Waals surface area contributed by atoms with E-state index in [-0.39, 0.29) is 37.3 Å². The number of alkyl halides is 3. The van der Waals surface area contributed by atoms with Crippen LogP contribution in [0.5, 0.6) is 0 Å². The lowest BCUT2D eigenvalue weighted by Crippen LogP contribution is -2.55. The van der Waals surface area contributed by atoms with Gasteiger partial charge in [-0.3, -0.25) is 9.59 Å². The standard InChI is InChI=1S/C16H19F3N2O3/c1-20-14(22)10-24-12-8-21(9-12)15(23)7-13(16(17,18)19)11-5-3-2-4-6-11/h2-6,12-13H,7-10H2,1H3,(H,20,22)/t13-/m0/s1. The molecule has 2 rings (SSSR count). The van der Waals surface area contributed by atoms with Crippen LogP contribution in [0, 0.1) is 0 Å². The van der Waals surface area contributed by atoms with Gasteiger partial charge in [-0.05, 0) is 5.56 Å². The van der Waals surface area contributed by atoms with Crippen molar-refractivity contribution in [3.05, 3.63) is 35.9 Å². The Kier molecular flexibility index (Phi) is 5.82. The lowest BCUT2D eigenvalue weighted by Gasteiger charge is -2.39. The summed E-state index contributed by atoms with van der Waals surface area (Å²) in [7, 11) is 1.48. The van der Waals surface area contributed by atoms with Crippen molar-refractivity contribution in [1.82, 2.24) is 10.2 Å². The summed E-state index contributed by atoms with van der Waals surface area (Å²) in [5.74, 6) is -2.68. The number of hydrogen-bond acceptors (Lipinski definition) is 3. The van der Waals surface area contributed by atoms with Crippen LogP contribution < -0.4 is 5.32 Å². The number of nitrogens with zero attached hydrogens (tertiary/aromatic N) is 1. The van der Waals surface area contributed by atoms with Gasteiger partial charge in [-0.1, -0.05) is 30.3 Å². The topological polar surface area (TPSA) is 58.6 Å². The minimum absolute atomic E-state index is 0.0753. The first kappa shape index (κ1) is 18.3. The molecule has 8 heteroatoms. The predicted octanol–water partition coefficient (Wildman–Crippen LogP) is 1.70. The zero-order valence-corrected chi connectivity index (χ0v) is 13.2. The lowest BCUT2D eigenvalue weighted by atomic mass is 9.94. The SMILES string of the molecule is CNC(=O)COC1CN(C(=O)C[C@@H](c2ccccc2)C(F)(F)F)C1. The molecule has 1 aromatic carbocycles. The highest BCUT2D eigenvalue weighted by Crippen LogP contribution is 2.38. The predicted molar refractivity (Wildman–Crippen MR) is 80.2 cm³/mol. The number of nitrogens with one attached hydrogen (secondary N) is 1. The van der Waals surface area contributed by atoms with E-state index in [1.807, 2.05) is 0 Å². The highest BCUT2D eigenvalue weighted by atomic mass is 19.4. The van der Waals surface area contributed by atoms with Crippen molar-refractivity contribution in [2.45, 2.75) is 24.6 Å². The number of halogens is 3. The third-order valence-corrected chi connectivity index (χ3v) is 3.91. The fourth-order valence-electron chi connectivity index (χ4n) is 2.42. The number of carbonyl (C=O) groups is 2. The fourth-order valence-corrected chi connectivity index (χ4v) is 2.42. The Bertz CT molecular complexity index is 572. The molecule has 0 radical (unpaired) electrons. The summed E-state index contributed by atoms with van der Waals surface area (Å²) in [5.41, 5.74) is 0.0753. The molecule has 0 saturated carbocycles. The molecule has 1 aliphatic rings. The van der Waals surface area contributed by atoms with Gasteiger partial charge in [-0.25, -0.2) is 0 Å². The molecule has 0 spiro atoms. The van der Waals surface area contributed by atoms with Gasteiger partial charge in [-0.15, -0.1) is 0 Å². The number of amides is 2. The van der Waals surface area contributed by atoms with Crippen LogP contribution in [0.25, 0.3) is 0 Å². The van der Waals surface area contributed by atoms with Crippen molar-refractivity contribution in [2.75, 3.05) is 26.7 Å². The van der Waals surface area contributed by atoms with Crippen LogP contribution in [0.2, 0.25) is 0 Å². The van der Waals surface area contributed by atoms with Crippen LogP contribution in [0.15, 0.2) is 30.3 Å². The molecule has 1 saturated heterocycles. The van der Waals surface area contributed by atoms with Crippen LogP contribution in [0.1, 0.15) is 17.9 Å². The van der Waals surface area contributed by atoms with Crippen molar-refractivity contribution in [3.63, 3.8) is 0 Å². The van der Waals surface area contributed by atoms with Crippen LogP contribution in [-0.4, -0.2) is 55.7 Å². The minimum atomic E-state index is -4.49. The van der Waals surface area contributed by atoms with Crippen LogP contribution >= 0.6 is 0 Å². The molecule has 1 atom stereocenters. The highest BCUT2D eigenvalue weighted by molar-refractivity contribution is 5.78. The van der Waals surface area contributed by atoms with Gasteiger partial charge < -0.3 is 15.0 Å². The Morgan fingerprint density at radius 3 is 2.46 bits per heavy atom. The van der Waals surface area contributed by atoms with Gasteiger partial charge >= 0.3 is 6.18 Å². The molecule has 132 valence electrons. The maximum atomic E-state index is 13.2. The van der Waals surface area contributed by atoms with Crippen LogP contribution in [0.4, 0.5) is 13.2 Å². The van der Waals surface area contributed by atoms with Crippen LogP contribution in [-0.2, 0) is 14.3 Å². The molecule has 24 heavy (non-hydrogen) atoms. The zero-order valence-electron chi connectivity index (χ0n) is 13.2. The zero-order chi connectivity index (χ0) is 17.7. The molecule has 0 aliphatic carbocycles. The smallest absolute Gasteiger partial charge is 0.365 e. The molecule has 0 bridgehead atoms. The number of likely N-dealkylation sites (N-methyl/N-ethyl adjacent to an activating group) is 1. The van der Waals surface area contributed by atoms with Crippen molar-refractivity contribution in [1.29, 1.82) is 0 Å². The van der Waals surface area contributed by atoms with Gasteiger partial charge in [0.1, 0.15) is 6.61 Å². The number of ether oxygens (including phenoxy) is 1. The summed E-state index contributed by atoms with van der Waals surface area (Å²) >= 11 is 0. The van der Waals surface area contributed by atoms with E-state index >= 15 is 0 Å². The molecule has 5 nitrogen and oxygen atoms in total. The van der Waals surface area contributed by atoms with Crippen molar-refractivity contribution in [3.8, 4) is 0 Å². The Hall–Kier alpha value is -2.09. The Morgan fingerprint density at radius 1 is 1.29 bits per heavy atom. The fraction of sp³-hybridized carbons (Fsp3) is 0.500. The molecule has 2 amide bonds.